The van der Waals surface area contributed by atoms with Crippen LogP contribution < -0.4 is 4.74 Å². The van der Waals surface area contributed by atoms with Crippen molar-refractivity contribution in [3.8, 4) is 5.75 Å². The average Bonchev–Trinajstić information content (AvgIpc) is 2.39. The molecule has 0 amide bonds. The van der Waals surface area contributed by atoms with Crippen LogP contribution in [0.4, 0.5) is 11.4 Å². The Bertz CT molecular complexity index is 547. The molecule has 0 aliphatic carbocycles. The molecule has 2 aromatic carbocycles. The summed E-state index contributed by atoms with van der Waals surface area (Å²) in [5.74, 6) is 0.850. The summed E-state index contributed by atoms with van der Waals surface area (Å²) >= 11 is 2.26. The van der Waals surface area contributed by atoms with Gasteiger partial charge in [-0.25, -0.2) is 0 Å². The highest BCUT2D eigenvalue weighted by molar-refractivity contribution is 14.1. The maximum atomic E-state index is 5.57. The zero-order chi connectivity index (χ0) is 13.7. The summed E-state index contributed by atoms with van der Waals surface area (Å²) in [6.07, 6.45) is 0.180. The lowest BCUT2D eigenvalue weighted by Crippen LogP contribution is -2.04. The van der Waals surface area contributed by atoms with E-state index >= 15 is 0 Å². The number of rotatable bonds is 4. The van der Waals surface area contributed by atoms with Crippen LogP contribution in [0.2, 0.25) is 0 Å². The van der Waals surface area contributed by atoms with Crippen LogP contribution in [0.15, 0.2) is 58.8 Å². The minimum Gasteiger partial charge on any atom is -0.491 e. The number of ether oxygens (including phenoxy) is 1. The SMILES string of the molecule is CC(C)Oc1ccc(N=Nc2ccc(I)cc2)cc1. The van der Waals surface area contributed by atoms with Gasteiger partial charge in [-0.1, -0.05) is 0 Å². The van der Waals surface area contributed by atoms with Gasteiger partial charge in [0.2, 0.25) is 0 Å². The number of hydrogen-bond acceptors (Lipinski definition) is 3. The van der Waals surface area contributed by atoms with Gasteiger partial charge in [-0.2, -0.15) is 10.2 Å². The van der Waals surface area contributed by atoms with Crippen molar-refractivity contribution in [1.29, 1.82) is 0 Å². The number of azo groups is 1. The highest BCUT2D eigenvalue weighted by atomic mass is 127. The topological polar surface area (TPSA) is 34.0 Å². The summed E-state index contributed by atoms with van der Waals surface area (Å²) in [7, 11) is 0. The van der Waals surface area contributed by atoms with Crippen molar-refractivity contribution >= 4 is 34.0 Å². The Morgan fingerprint density at radius 2 is 1.32 bits per heavy atom. The molecule has 3 nitrogen and oxygen atoms in total. The molecule has 19 heavy (non-hydrogen) atoms. The Labute approximate surface area is 126 Å². The fourth-order valence-corrected chi connectivity index (χ4v) is 1.85. The van der Waals surface area contributed by atoms with Crippen LogP contribution in [0.1, 0.15) is 13.8 Å². The van der Waals surface area contributed by atoms with Crippen molar-refractivity contribution in [1.82, 2.24) is 0 Å². The lowest BCUT2D eigenvalue weighted by atomic mass is 10.3. The minimum atomic E-state index is 0.180. The quantitative estimate of drug-likeness (QED) is 0.520. The molecule has 0 heterocycles. The van der Waals surface area contributed by atoms with E-state index < -0.39 is 0 Å². The Morgan fingerprint density at radius 1 is 0.842 bits per heavy atom. The standard InChI is InChI=1S/C15H15IN2O/c1-11(2)19-15-9-7-14(8-10-15)18-17-13-5-3-12(16)4-6-13/h3-11H,1-2H3. The summed E-state index contributed by atoms with van der Waals surface area (Å²) in [6, 6.07) is 15.5. The maximum absolute atomic E-state index is 5.57. The number of nitrogens with zero attached hydrogens (tertiary/aromatic N) is 2. The summed E-state index contributed by atoms with van der Waals surface area (Å²) in [5.41, 5.74) is 1.66. The van der Waals surface area contributed by atoms with Gasteiger partial charge in [0.1, 0.15) is 5.75 Å². The number of benzene rings is 2. The predicted octanol–water partition coefficient (Wildman–Crippen LogP) is 5.49. The van der Waals surface area contributed by atoms with Crippen LogP contribution in [-0.2, 0) is 0 Å². The molecule has 0 fully saturated rings. The monoisotopic (exact) mass is 366 g/mol. The Hall–Kier alpha value is -1.43. The maximum Gasteiger partial charge on any atom is 0.119 e. The molecule has 0 radical (unpaired) electrons. The van der Waals surface area contributed by atoms with Crippen molar-refractivity contribution in [2.24, 2.45) is 10.2 Å². The third kappa shape index (κ3) is 4.63. The van der Waals surface area contributed by atoms with E-state index in [9.17, 15) is 0 Å². The number of halogens is 1. The van der Waals surface area contributed by atoms with Gasteiger partial charge in [-0.15, -0.1) is 0 Å². The lowest BCUT2D eigenvalue weighted by molar-refractivity contribution is 0.242. The van der Waals surface area contributed by atoms with Crippen LogP contribution >= 0.6 is 22.6 Å². The van der Waals surface area contributed by atoms with E-state index in [0.29, 0.717) is 0 Å². The van der Waals surface area contributed by atoms with Crippen LogP contribution in [0, 0.1) is 3.57 Å². The average molecular weight is 366 g/mol. The first-order chi connectivity index (χ1) is 9.13. The second kappa shape index (κ2) is 6.65. The molecule has 0 atom stereocenters. The summed E-state index contributed by atoms with van der Waals surface area (Å²) < 4.78 is 6.76. The van der Waals surface area contributed by atoms with E-state index in [1.165, 1.54) is 3.57 Å². The van der Waals surface area contributed by atoms with E-state index in [1.54, 1.807) is 0 Å². The molecule has 0 aromatic heterocycles. The lowest BCUT2D eigenvalue weighted by Gasteiger charge is -2.08. The molecule has 4 heteroatoms. The molecule has 98 valence electrons. The molecule has 2 rings (SSSR count). The molecule has 0 bridgehead atoms. The van der Waals surface area contributed by atoms with Crippen molar-refractivity contribution in [2.75, 3.05) is 0 Å². The fourth-order valence-electron chi connectivity index (χ4n) is 1.49. The van der Waals surface area contributed by atoms with E-state index in [4.69, 9.17) is 4.74 Å². The molecular formula is C15H15IN2O. The van der Waals surface area contributed by atoms with E-state index in [-0.39, 0.29) is 6.10 Å². The van der Waals surface area contributed by atoms with E-state index in [0.717, 1.165) is 17.1 Å². The van der Waals surface area contributed by atoms with Crippen LogP contribution in [-0.4, -0.2) is 6.10 Å². The first-order valence-electron chi connectivity index (χ1n) is 6.07. The highest BCUT2D eigenvalue weighted by Crippen LogP contribution is 2.22. The van der Waals surface area contributed by atoms with Gasteiger partial charge in [0.15, 0.2) is 0 Å². The van der Waals surface area contributed by atoms with Gasteiger partial charge in [-0.3, -0.25) is 0 Å². The zero-order valence-electron chi connectivity index (χ0n) is 10.9. The van der Waals surface area contributed by atoms with E-state index in [2.05, 4.69) is 32.8 Å². The second-order valence-electron chi connectivity index (χ2n) is 4.34. The van der Waals surface area contributed by atoms with Crippen molar-refractivity contribution < 1.29 is 4.74 Å². The van der Waals surface area contributed by atoms with Crippen LogP contribution in [0.3, 0.4) is 0 Å². The molecule has 0 N–H and O–H groups in total. The zero-order valence-corrected chi connectivity index (χ0v) is 13.0. The van der Waals surface area contributed by atoms with Gasteiger partial charge >= 0.3 is 0 Å². The van der Waals surface area contributed by atoms with Crippen molar-refractivity contribution in [3.63, 3.8) is 0 Å². The summed E-state index contributed by atoms with van der Waals surface area (Å²) in [4.78, 5) is 0. The van der Waals surface area contributed by atoms with Gasteiger partial charge < -0.3 is 4.74 Å². The molecule has 0 spiro atoms. The molecule has 0 saturated carbocycles. The van der Waals surface area contributed by atoms with Gasteiger partial charge in [0.05, 0.1) is 17.5 Å². The third-order valence-electron chi connectivity index (χ3n) is 2.32. The largest absolute Gasteiger partial charge is 0.491 e. The first-order valence-corrected chi connectivity index (χ1v) is 7.15. The molecule has 0 unspecified atom stereocenters. The van der Waals surface area contributed by atoms with Gasteiger partial charge in [-0.05, 0) is 85.0 Å². The highest BCUT2D eigenvalue weighted by Gasteiger charge is 1.97. The number of hydrogen-bond donors (Lipinski definition) is 0. The van der Waals surface area contributed by atoms with E-state index in [1.807, 2.05) is 62.4 Å². The summed E-state index contributed by atoms with van der Waals surface area (Å²) in [6.45, 7) is 4.01. The fraction of sp³-hybridized carbons (Fsp3) is 0.200. The third-order valence-corrected chi connectivity index (χ3v) is 3.04. The Morgan fingerprint density at radius 3 is 1.79 bits per heavy atom. The van der Waals surface area contributed by atoms with Crippen molar-refractivity contribution in [3.05, 3.63) is 52.1 Å². The van der Waals surface area contributed by atoms with Crippen molar-refractivity contribution in [2.45, 2.75) is 20.0 Å². The first kappa shape index (κ1) is 14.0. The summed E-state index contributed by atoms with van der Waals surface area (Å²) in [5, 5.41) is 8.38. The molecular weight excluding hydrogens is 351 g/mol. The van der Waals surface area contributed by atoms with Crippen LogP contribution in [0.5, 0.6) is 5.75 Å². The molecule has 0 aliphatic rings. The van der Waals surface area contributed by atoms with Gasteiger partial charge in [0, 0.05) is 3.57 Å². The van der Waals surface area contributed by atoms with Gasteiger partial charge in [0.25, 0.3) is 0 Å². The Balaban J connectivity index is 2.04. The molecule has 0 aliphatic heterocycles. The smallest absolute Gasteiger partial charge is 0.119 e. The predicted molar refractivity (Wildman–Crippen MR) is 85.5 cm³/mol. The van der Waals surface area contributed by atoms with Crippen LogP contribution in [0.25, 0.3) is 0 Å². The second-order valence-corrected chi connectivity index (χ2v) is 5.58. The minimum absolute atomic E-state index is 0.180. The normalized spacial score (nSPS) is 11.2. The molecule has 2 aromatic rings. The molecule has 0 saturated heterocycles. The Kier molecular flexibility index (Phi) is 4.90.